The zero-order valence-corrected chi connectivity index (χ0v) is 11.4. The molecule has 1 aromatic carbocycles. The minimum absolute atomic E-state index is 0.0803. The van der Waals surface area contributed by atoms with Crippen molar-refractivity contribution in [2.75, 3.05) is 30.7 Å². The fourth-order valence-corrected chi connectivity index (χ4v) is 3.50. The number of carbonyl (C=O) groups is 1. The molecule has 2 fully saturated rings. The van der Waals surface area contributed by atoms with Crippen LogP contribution in [0.25, 0.3) is 0 Å². The van der Waals surface area contributed by atoms with Gasteiger partial charge in [-0.05, 0) is 42.9 Å². The van der Waals surface area contributed by atoms with Gasteiger partial charge in [-0.25, -0.2) is 4.39 Å². The summed E-state index contributed by atoms with van der Waals surface area (Å²) in [5.41, 5.74) is 6.43. The summed E-state index contributed by atoms with van der Waals surface area (Å²) in [6, 6.07) is 4.02. The summed E-state index contributed by atoms with van der Waals surface area (Å²) >= 11 is 0. The van der Waals surface area contributed by atoms with E-state index >= 15 is 0 Å². The minimum atomic E-state index is -0.395. The van der Waals surface area contributed by atoms with E-state index in [2.05, 4.69) is 10.2 Å². The number of halogens is 1. The molecule has 5 heteroatoms. The van der Waals surface area contributed by atoms with Crippen LogP contribution in [-0.4, -0.2) is 30.4 Å². The van der Waals surface area contributed by atoms with Crippen LogP contribution in [0.3, 0.4) is 0 Å². The predicted octanol–water partition coefficient (Wildman–Crippen LogP) is 2.08. The summed E-state index contributed by atoms with van der Waals surface area (Å²) in [7, 11) is 0. The van der Waals surface area contributed by atoms with Crippen LogP contribution in [0.2, 0.25) is 0 Å². The Bertz CT molecular complexity index is 508. The van der Waals surface area contributed by atoms with Crippen LogP contribution >= 0.6 is 0 Å². The van der Waals surface area contributed by atoms with Gasteiger partial charge in [0.2, 0.25) is 5.91 Å². The number of fused-ring (bicyclic) bond motifs is 1. The standard InChI is InChI=1S/C15H20FN3O/c16-12-4-5-14(13(17)6-12)18-15(20)9-19-7-10-2-1-3-11(10)8-19/h4-6,10-11H,1-3,7-9,17H2,(H,18,20). The second-order valence-electron chi connectivity index (χ2n) is 5.92. The van der Waals surface area contributed by atoms with Gasteiger partial charge in [-0.2, -0.15) is 0 Å². The second kappa shape index (κ2) is 5.40. The summed E-state index contributed by atoms with van der Waals surface area (Å²) in [6.07, 6.45) is 3.93. The average molecular weight is 277 g/mol. The summed E-state index contributed by atoms with van der Waals surface area (Å²) in [4.78, 5) is 14.2. The third kappa shape index (κ3) is 2.77. The molecule has 0 bridgehead atoms. The highest BCUT2D eigenvalue weighted by Crippen LogP contribution is 2.37. The Morgan fingerprint density at radius 1 is 1.35 bits per heavy atom. The summed E-state index contributed by atoms with van der Waals surface area (Å²) in [6.45, 7) is 2.44. The van der Waals surface area contributed by atoms with Crippen molar-refractivity contribution in [3.05, 3.63) is 24.0 Å². The molecule has 3 N–H and O–H groups in total. The van der Waals surface area contributed by atoms with Crippen LogP contribution in [0.4, 0.5) is 15.8 Å². The Kier molecular flexibility index (Phi) is 3.61. The Morgan fingerprint density at radius 3 is 2.70 bits per heavy atom. The largest absolute Gasteiger partial charge is 0.397 e. The SMILES string of the molecule is Nc1cc(F)ccc1NC(=O)CN1CC2CCCC2C1. The number of hydrogen-bond donors (Lipinski definition) is 2. The minimum Gasteiger partial charge on any atom is -0.397 e. The van der Waals surface area contributed by atoms with Crippen LogP contribution in [-0.2, 0) is 4.79 Å². The molecule has 2 unspecified atom stereocenters. The first-order valence-electron chi connectivity index (χ1n) is 7.19. The van der Waals surface area contributed by atoms with E-state index in [0.29, 0.717) is 12.2 Å². The second-order valence-corrected chi connectivity index (χ2v) is 5.92. The maximum Gasteiger partial charge on any atom is 0.238 e. The zero-order chi connectivity index (χ0) is 14.1. The molecule has 1 heterocycles. The molecule has 1 amide bonds. The molecule has 0 aromatic heterocycles. The maximum atomic E-state index is 12.9. The lowest BCUT2D eigenvalue weighted by atomic mass is 10.0. The first-order chi connectivity index (χ1) is 9.61. The number of carbonyl (C=O) groups excluding carboxylic acids is 1. The number of anilines is 2. The van der Waals surface area contributed by atoms with Gasteiger partial charge in [-0.3, -0.25) is 9.69 Å². The molecule has 0 spiro atoms. The van der Waals surface area contributed by atoms with Crippen molar-refractivity contribution in [3.63, 3.8) is 0 Å². The third-order valence-corrected chi connectivity index (χ3v) is 4.46. The predicted molar refractivity (Wildman–Crippen MR) is 76.7 cm³/mol. The first kappa shape index (κ1) is 13.4. The van der Waals surface area contributed by atoms with Crippen molar-refractivity contribution in [2.45, 2.75) is 19.3 Å². The van der Waals surface area contributed by atoms with Crippen LogP contribution in [0.15, 0.2) is 18.2 Å². The third-order valence-electron chi connectivity index (χ3n) is 4.46. The monoisotopic (exact) mass is 277 g/mol. The lowest BCUT2D eigenvalue weighted by molar-refractivity contribution is -0.117. The van der Waals surface area contributed by atoms with E-state index in [4.69, 9.17) is 5.73 Å². The van der Waals surface area contributed by atoms with Crippen LogP contribution in [0.5, 0.6) is 0 Å². The van der Waals surface area contributed by atoms with Crippen molar-refractivity contribution in [2.24, 2.45) is 11.8 Å². The maximum absolute atomic E-state index is 12.9. The van der Waals surface area contributed by atoms with E-state index < -0.39 is 5.82 Å². The van der Waals surface area contributed by atoms with E-state index in [1.807, 2.05) is 0 Å². The highest BCUT2D eigenvalue weighted by atomic mass is 19.1. The summed E-state index contributed by atoms with van der Waals surface area (Å²) < 4.78 is 12.9. The molecule has 2 aliphatic rings. The lowest BCUT2D eigenvalue weighted by Gasteiger charge is -2.16. The van der Waals surface area contributed by atoms with Gasteiger partial charge in [-0.1, -0.05) is 6.42 Å². The number of amides is 1. The Hall–Kier alpha value is -1.62. The van der Waals surface area contributed by atoms with Crippen molar-refractivity contribution in [1.82, 2.24) is 4.90 Å². The number of nitrogen functional groups attached to an aromatic ring is 1. The van der Waals surface area contributed by atoms with Gasteiger partial charge in [0.25, 0.3) is 0 Å². The average Bonchev–Trinajstić information content (AvgIpc) is 2.93. The molecular weight excluding hydrogens is 257 g/mol. The number of hydrogen-bond acceptors (Lipinski definition) is 3. The van der Waals surface area contributed by atoms with Gasteiger partial charge < -0.3 is 11.1 Å². The molecule has 1 aromatic rings. The van der Waals surface area contributed by atoms with E-state index in [0.717, 1.165) is 24.9 Å². The zero-order valence-electron chi connectivity index (χ0n) is 11.4. The number of nitrogens with two attached hydrogens (primary N) is 1. The van der Waals surface area contributed by atoms with Crippen molar-refractivity contribution < 1.29 is 9.18 Å². The number of likely N-dealkylation sites (tertiary alicyclic amines) is 1. The van der Waals surface area contributed by atoms with E-state index in [9.17, 15) is 9.18 Å². The summed E-state index contributed by atoms with van der Waals surface area (Å²) in [5, 5.41) is 2.76. The molecule has 1 aliphatic carbocycles. The van der Waals surface area contributed by atoms with Gasteiger partial charge in [0.1, 0.15) is 5.82 Å². The molecule has 20 heavy (non-hydrogen) atoms. The molecular formula is C15H20FN3O. The lowest BCUT2D eigenvalue weighted by Crippen LogP contribution is -2.32. The molecule has 1 saturated carbocycles. The Labute approximate surface area is 118 Å². The molecule has 0 radical (unpaired) electrons. The van der Waals surface area contributed by atoms with Crippen LogP contribution in [0, 0.1) is 17.7 Å². The number of nitrogens with zero attached hydrogens (tertiary/aromatic N) is 1. The molecule has 108 valence electrons. The van der Waals surface area contributed by atoms with E-state index in [1.54, 1.807) is 0 Å². The van der Waals surface area contributed by atoms with E-state index in [-0.39, 0.29) is 11.6 Å². The van der Waals surface area contributed by atoms with Gasteiger partial charge in [0.05, 0.1) is 17.9 Å². The van der Waals surface area contributed by atoms with Crippen molar-refractivity contribution >= 4 is 17.3 Å². The highest BCUT2D eigenvalue weighted by Gasteiger charge is 2.36. The fourth-order valence-electron chi connectivity index (χ4n) is 3.50. The van der Waals surface area contributed by atoms with Gasteiger partial charge in [0.15, 0.2) is 0 Å². The molecule has 3 rings (SSSR count). The molecule has 1 saturated heterocycles. The normalized spacial score (nSPS) is 25.6. The molecule has 1 aliphatic heterocycles. The Balaban J connectivity index is 1.55. The first-order valence-corrected chi connectivity index (χ1v) is 7.19. The highest BCUT2D eigenvalue weighted by molar-refractivity contribution is 5.95. The number of nitrogens with one attached hydrogen (secondary N) is 1. The molecule has 2 atom stereocenters. The van der Waals surface area contributed by atoms with Crippen LogP contribution in [0.1, 0.15) is 19.3 Å². The number of rotatable bonds is 3. The van der Waals surface area contributed by atoms with Crippen molar-refractivity contribution in [1.29, 1.82) is 0 Å². The number of benzene rings is 1. The Morgan fingerprint density at radius 2 is 2.05 bits per heavy atom. The van der Waals surface area contributed by atoms with Gasteiger partial charge in [0, 0.05) is 13.1 Å². The van der Waals surface area contributed by atoms with Gasteiger partial charge >= 0.3 is 0 Å². The van der Waals surface area contributed by atoms with Crippen LogP contribution < -0.4 is 11.1 Å². The van der Waals surface area contributed by atoms with Crippen molar-refractivity contribution in [3.8, 4) is 0 Å². The van der Waals surface area contributed by atoms with Gasteiger partial charge in [-0.15, -0.1) is 0 Å². The summed E-state index contributed by atoms with van der Waals surface area (Å²) in [5.74, 6) is 1.08. The molecule has 4 nitrogen and oxygen atoms in total. The fraction of sp³-hybridized carbons (Fsp3) is 0.533. The van der Waals surface area contributed by atoms with E-state index in [1.165, 1.54) is 37.5 Å². The topological polar surface area (TPSA) is 58.4 Å². The quantitative estimate of drug-likeness (QED) is 0.832. The smallest absolute Gasteiger partial charge is 0.238 e.